The normalized spacial score (nSPS) is 17.4. The summed E-state index contributed by atoms with van der Waals surface area (Å²) >= 11 is 1.63. The lowest BCUT2D eigenvalue weighted by Gasteiger charge is -2.25. The summed E-state index contributed by atoms with van der Waals surface area (Å²) in [6.45, 7) is 2.66. The van der Waals surface area contributed by atoms with E-state index in [1.807, 2.05) is 24.3 Å². The SMILES string of the molecule is CCSc1ccccc1C(=O)N1CCCC1CS(=O)(=O)c1ccccc1. The number of likely N-dealkylation sites (tertiary alicyclic amines) is 1. The van der Waals surface area contributed by atoms with E-state index in [1.165, 1.54) is 0 Å². The van der Waals surface area contributed by atoms with E-state index in [0.717, 1.165) is 23.5 Å². The molecular formula is C20H23NO3S2. The molecule has 1 aliphatic rings. The summed E-state index contributed by atoms with van der Waals surface area (Å²) in [6.07, 6.45) is 1.56. The van der Waals surface area contributed by atoms with Gasteiger partial charge in [-0.1, -0.05) is 37.3 Å². The summed E-state index contributed by atoms with van der Waals surface area (Å²) in [5.74, 6) is 0.800. The van der Waals surface area contributed by atoms with E-state index in [-0.39, 0.29) is 17.7 Å². The van der Waals surface area contributed by atoms with Gasteiger partial charge in [0.05, 0.1) is 16.2 Å². The highest BCUT2D eigenvalue weighted by atomic mass is 32.2. The first-order valence-electron chi connectivity index (χ1n) is 8.83. The van der Waals surface area contributed by atoms with Crippen LogP contribution in [0, 0.1) is 0 Å². The molecule has 4 nitrogen and oxygen atoms in total. The molecule has 1 fully saturated rings. The Bertz CT molecular complexity index is 866. The Morgan fingerprint density at radius 3 is 2.54 bits per heavy atom. The zero-order valence-corrected chi connectivity index (χ0v) is 16.4. The summed E-state index contributed by atoms with van der Waals surface area (Å²) in [5.41, 5.74) is 0.670. The molecule has 0 aliphatic carbocycles. The van der Waals surface area contributed by atoms with E-state index in [9.17, 15) is 13.2 Å². The lowest BCUT2D eigenvalue weighted by molar-refractivity contribution is 0.0745. The summed E-state index contributed by atoms with van der Waals surface area (Å²) in [7, 11) is -3.41. The largest absolute Gasteiger partial charge is 0.335 e. The number of nitrogens with zero attached hydrogens (tertiary/aromatic N) is 1. The molecule has 26 heavy (non-hydrogen) atoms. The van der Waals surface area contributed by atoms with Gasteiger partial charge in [-0.2, -0.15) is 0 Å². The molecular weight excluding hydrogens is 366 g/mol. The number of carbonyl (C=O) groups is 1. The molecule has 2 aromatic rings. The average molecular weight is 390 g/mol. The molecule has 0 aromatic heterocycles. The molecule has 0 N–H and O–H groups in total. The number of benzene rings is 2. The lowest BCUT2D eigenvalue weighted by Crippen LogP contribution is -2.39. The molecule has 6 heteroatoms. The second kappa shape index (κ2) is 8.27. The first-order chi connectivity index (χ1) is 12.5. The van der Waals surface area contributed by atoms with Crippen LogP contribution >= 0.6 is 11.8 Å². The predicted octanol–water partition coefficient (Wildman–Crippen LogP) is 3.88. The van der Waals surface area contributed by atoms with Crippen molar-refractivity contribution in [3.8, 4) is 0 Å². The van der Waals surface area contributed by atoms with Crippen molar-refractivity contribution in [3.05, 3.63) is 60.2 Å². The van der Waals surface area contributed by atoms with Gasteiger partial charge in [-0.25, -0.2) is 8.42 Å². The Labute approximate surface area is 159 Å². The maximum Gasteiger partial charge on any atom is 0.255 e. The Morgan fingerprint density at radius 1 is 1.12 bits per heavy atom. The highest BCUT2D eigenvalue weighted by Gasteiger charge is 2.34. The topological polar surface area (TPSA) is 54.5 Å². The molecule has 1 saturated heterocycles. The second-order valence-corrected chi connectivity index (χ2v) is 9.66. The van der Waals surface area contributed by atoms with Crippen LogP contribution in [0.5, 0.6) is 0 Å². The maximum atomic E-state index is 13.1. The van der Waals surface area contributed by atoms with E-state index in [4.69, 9.17) is 0 Å². The monoisotopic (exact) mass is 389 g/mol. The number of hydrogen-bond donors (Lipinski definition) is 0. The van der Waals surface area contributed by atoms with Crippen LogP contribution in [0.1, 0.15) is 30.1 Å². The highest BCUT2D eigenvalue weighted by Crippen LogP contribution is 2.28. The summed E-state index contributed by atoms with van der Waals surface area (Å²) < 4.78 is 25.4. The van der Waals surface area contributed by atoms with Gasteiger partial charge in [-0.05, 0) is 42.9 Å². The number of amides is 1. The molecule has 2 aromatic carbocycles. The van der Waals surface area contributed by atoms with Gasteiger partial charge in [0.2, 0.25) is 0 Å². The van der Waals surface area contributed by atoms with Crippen molar-refractivity contribution in [2.45, 2.75) is 35.6 Å². The first-order valence-corrected chi connectivity index (χ1v) is 11.5. The average Bonchev–Trinajstić information content (AvgIpc) is 3.10. The van der Waals surface area contributed by atoms with Gasteiger partial charge in [0.1, 0.15) is 0 Å². The van der Waals surface area contributed by atoms with E-state index in [2.05, 4.69) is 6.92 Å². The number of hydrogen-bond acceptors (Lipinski definition) is 4. The first kappa shape index (κ1) is 19.0. The number of rotatable bonds is 6. The minimum absolute atomic E-state index is 0.0220. The quantitative estimate of drug-likeness (QED) is 0.704. The summed E-state index contributed by atoms with van der Waals surface area (Å²) in [5, 5.41) is 0. The summed E-state index contributed by atoms with van der Waals surface area (Å²) in [4.78, 5) is 16.1. The van der Waals surface area contributed by atoms with Crippen molar-refractivity contribution in [2.24, 2.45) is 0 Å². The van der Waals surface area contributed by atoms with Crippen molar-refractivity contribution >= 4 is 27.5 Å². The van der Waals surface area contributed by atoms with Gasteiger partial charge in [0, 0.05) is 17.5 Å². The minimum atomic E-state index is -3.41. The zero-order valence-electron chi connectivity index (χ0n) is 14.8. The van der Waals surface area contributed by atoms with Crippen LogP contribution in [0.15, 0.2) is 64.4 Å². The predicted molar refractivity (Wildman–Crippen MR) is 105 cm³/mol. The molecule has 1 heterocycles. The van der Waals surface area contributed by atoms with Gasteiger partial charge < -0.3 is 4.90 Å². The third kappa shape index (κ3) is 4.13. The molecule has 0 spiro atoms. The van der Waals surface area contributed by atoms with Crippen LogP contribution < -0.4 is 0 Å². The zero-order chi connectivity index (χ0) is 18.6. The van der Waals surface area contributed by atoms with Crippen LogP contribution in [0.2, 0.25) is 0 Å². The number of carbonyl (C=O) groups excluding carboxylic acids is 1. The molecule has 3 rings (SSSR count). The Hall–Kier alpha value is -1.79. The molecule has 138 valence electrons. The van der Waals surface area contributed by atoms with Crippen LogP contribution in [0.25, 0.3) is 0 Å². The fourth-order valence-electron chi connectivity index (χ4n) is 3.33. The number of thioether (sulfide) groups is 1. The standard InChI is InChI=1S/C20H23NO3S2/c1-2-25-19-13-7-6-12-18(19)20(22)21-14-8-9-16(21)15-26(23,24)17-10-4-3-5-11-17/h3-7,10-13,16H,2,8-9,14-15H2,1H3. The smallest absolute Gasteiger partial charge is 0.255 e. The Morgan fingerprint density at radius 2 is 1.81 bits per heavy atom. The van der Waals surface area contributed by atoms with Crippen molar-refractivity contribution in [2.75, 3.05) is 18.1 Å². The van der Waals surface area contributed by atoms with Crippen LogP contribution in [-0.2, 0) is 9.84 Å². The van der Waals surface area contributed by atoms with E-state index >= 15 is 0 Å². The lowest BCUT2D eigenvalue weighted by atomic mass is 10.2. The molecule has 0 bridgehead atoms. The van der Waals surface area contributed by atoms with Crippen molar-refractivity contribution < 1.29 is 13.2 Å². The third-order valence-corrected chi connectivity index (χ3v) is 7.34. The Balaban J connectivity index is 1.82. The summed E-state index contributed by atoms with van der Waals surface area (Å²) in [6, 6.07) is 15.8. The van der Waals surface area contributed by atoms with E-state index in [1.54, 1.807) is 47.0 Å². The van der Waals surface area contributed by atoms with Gasteiger partial charge in [0.25, 0.3) is 5.91 Å². The van der Waals surface area contributed by atoms with Crippen LogP contribution in [-0.4, -0.2) is 43.3 Å². The Kier molecular flexibility index (Phi) is 6.04. The maximum absolute atomic E-state index is 13.1. The van der Waals surface area contributed by atoms with Crippen molar-refractivity contribution in [1.29, 1.82) is 0 Å². The van der Waals surface area contributed by atoms with Crippen molar-refractivity contribution in [3.63, 3.8) is 0 Å². The fourth-order valence-corrected chi connectivity index (χ4v) is 5.75. The molecule has 0 saturated carbocycles. The van der Waals surface area contributed by atoms with Crippen LogP contribution in [0.4, 0.5) is 0 Å². The molecule has 1 aliphatic heterocycles. The van der Waals surface area contributed by atoms with Gasteiger partial charge in [-0.3, -0.25) is 4.79 Å². The van der Waals surface area contributed by atoms with Gasteiger partial charge >= 0.3 is 0 Å². The molecule has 1 atom stereocenters. The van der Waals surface area contributed by atoms with E-state index in [0.29, 0.717) is 17.0 Å². The van der Waals surface area contributed by atoms with Crippen LogP contribution in [0.3, 0.4) is 0 Å². The van der Waals surface area contributed by atoms with Gasteiger partial charge in [-0.15, -0.1) is 11.8 Å². The molecule has 0 radical (unpaired) electrons. The highest BCUT2D eigenvalue weighted by molar-refractivity contribution is 7.99. The van der Waals surface area contributed by atoms with Gasteiger partial charge in [0.15, 0.2) is 9.84 Å². The fraction of sp³-hybridized carbons (Fsp3) is 0.350. The van der Waals surface area contributed by atoms with E-state index < -0.39 is 9.84 Å². The minimum Gasteiger partial charge on any atom is -0.335 e. The number of sulfone groups is 1. The second-order valence-electron chi connectivity index (χ2n) is 6.32. The molecule has 1 amide bonds. The molecule has 1 unspecified atom stereocenters. The van der Waals surface area contributed by atoms with Crippen molar-refractivity contribution in [1.82, 2.24) is 4.90 Å². The third-order valence-electron chi connectivity index (χ3n) is 4.57.